The van der Waals surface area contributed by atoms with Gasteiger partial charge in [0.2, 0.25) is 47.3 Å². The summed E-state index contributed by atoms with van der Waals surface area (Å²) in [5.41, 5.74) is 6.07. The zero-order valence-corrected chi connectivity index (χ0v) is 38.3. The largest absolute Gasteiger partial charge is 0.508 e. The molecule has 1 heterocycles. The van der Waals surface area contributed by atoms with E-state index in [2.05, 4.69) is 42.5 Å². The molecule has 1 aromatic rings. The first-order valence-corrected chi connectivity index (χ1v) is 22.1. The van der Waals surface area contributed by atoms with E-state index in [1.165, 1.54) is 31.2 Å². The first-order chi connectivity index (χ1) is 31.0. The minimum absolute atomic E-state index is 0.00257. The van der Waals surface area contributed by atoms with Gasteiger partial charge in [0.25, 0.3) is 0 Å². The summed E-state index contributed by atoms with van der Waals surface area (Å²) >= 11 is 0. The SMILES string of the molecule is CC(C)C[C@@H]1NC(=O)[C@@H](CC(C)C)NC(=O)[C@H](CCCCN)NC(=O)[C@H](C(C)O)NC(=O)[C@H](Cc2ccc(O)cc2)NC(=O)[C@H](C(C)O)NC(=O)[C@H](CCC(=O)O)NC(=O)[C@H](CO)NC1=O. The van der Waals surface area contributed by atoms with Crippen LogP contribution < -0.4 is 48.3 Å². The monoisotopic (exact) mass is 935 g/mol. The van der Waals surface area contributed by atoms with Gasteiger partial charge in [0, 0.05) is 12.8 Å². The lowest BCUT2D eigenvalue weighted by molar-refractivity contribution is -0.139. The molecule has 0 aromatic heterocycles. The summed E-state index contributed by atoms with van der Waals surface area (Å²) in [5, 5.41) is 70.6. The highest BCUT2D eigenvalue weighted by molar-refractivity contribution is 5.99. The van der Waals surface area contributed by atoms with Crippen LogP contribution in [0.4, 0.5) is 0 Å². The fourth-order valence-electron chi connectivity index (χ4n) is 6.91. The number of phenols is 1. The predicted molar refractivity (Wildman–Crippen MR) is 236 cm³/mol. The molecule has 15 N–H and O–H groups in total. The third-order valence-corrected chi connectivity index (χ3v) is 10.5. The van der Waals surface area contributed by atoms with Gasteiger partial charge >= 0.3 is 5.97 Å². The summed E-state index contributed by atoms with van der Waals surface area (Å²) in [6, 6.07) is -7.30. The molecule has 8 amide bonds. The van der Waals surface area contributed by atoms with Crippen LogP contribution >= 0.6 is 0 Å². The molecule has 1 saturated heterocycles. The third kappa shape index (κ3) is 18.9. The molecule has 0 bridgehead atoms. The van der Waals surface area contributed by atoms with Crippen LogP contribution in [0.2, 0.25) is 0 Å². The Labute approximate surface area is 383 Å². The lowest BCUT2D eigenvalue weighted by Crippen LogP contribution is -2.63. The van der Waals surface area contributed by atoms with Gasteiger partial charge in [-0.15, -0.1) is 0 Å². The highest BCUT2D eigenvalue weighted by atomic mass is 16.4. The van der Waals surface area contributed by atoms with E-state index in [1.54, 1.807) is 27.7 Å². The van der Waals surface area contributed by atoms with Crippen molar-refractivity contribution in [2.75, 3.05) is 13.2 Å². The van der Waals surface area contributed by atoms with E-state index in [4.69, 9.17) is 5.73 Å². The van der Waals surface area contributed by atoms with Gasteiger partial charge in [0.15, 0.2) is 0 Å². The molecule has 0 saturated carbocycles. The molecule has 1 aliphatic heterocycles. The highest BCUT2D eigenvalue weighted by Gasteiger charge is 2.38. The number of carbonyl (C=O) groups is 9. The normalized spacial score (nSPS) is 25.8. The molecule has 23 heteroatoms. The summed E-state index contributed by atoms with van der Waals surface area (Å²) in [7, 11) is 0. The average molecular weight is 936 g/mol. The van der Waals surface area contributed by atoms with E-state index in [-0.39, 0.29) is 49.8 Å². The van der Waals surface area contributed by atoms with E-state index in [9.17, 15) is 68.7 Å². The number of aliphatic hydroxyl groups is 3. The molecule has 66 heavy (non-hydrogen) atoms. The standard InChI is InChI=1S/C43H69N9O14/c1-21(2)17-29-38(61)48-30(18-22(3)4)39(62)50-32(20-53)41(64)45-28(14-15-33(57)58)37(60)51-35(24(6)55)43(66)49-31(19-25-10-12-26(56)13-11-25)40(63)52-34(23(5)54)42(65)46-27(36(59)47-29)9-7-8-16-44/h10-13,21-24,27-32,34-35,53-56H,7-9,14-20,44H2,1-6H3,(H,45,64)(H,46,65)(H,47,59)(H,48,61)(H,49,66)(H,50,62)(H,51,60)(H,52,63)(H,57,58)/t23?,24?,27-,28-,29+,30-,31-,32-,34-,35-/m0/s1. The molecule has 10 atom stereocenters. The van der Waals surface area contributed by atoms with Gasteiger partial charge in [-0.3, -0.25) is 43.2 Å². The van der Waals surface area contributed by atoms with Gasteiger partial charge in [0.05, 0.1) is 18.8 Å². The van der Waals surface area contributed by atoms with Gasteiger partial charge in [-0.25, -0.2) is 0 Å². The van der Waals surface area contributed by atoms with Crippen LogP contribution in [0, 0.1) is 11.8 Å². The van der Waals surface area contributed by atoms with Crippen molar-refractivity contribution in [3.63, 3.8) is 0 Å². The maximum Gasteiger partial charge on any atom is 0.303 e. The number of carbonyl (C=O) groups excluding carboxylic acids is 8. The zero-order chi connectivity index (χ0) is 49.8. The number of carboxylic acids is 1. The summed E-state index contributed by atoms with van der Waals surface area (Å²) in [6.45, 7) is 8.54. The van der Waals surface area contributed by atoms with Crippen LogP contribution in [-0.2, 0) is 49.6 Å². The number of rotatable bonds is 16. The molecule has 1 aliphatic rings. The number of nitrogens with two attached hydrogens (primary N) is 1. The number of aliphatic hydroxyl groups excluding tert-OH is 3. The van der Waals surface area contributed by atoms with Crippen LogP contribution in [0.3, 0.4) is 0 Å². The Morgan fingerprint density at radius 1 is 0.545 bits per heavy atom. The molecule has 1 aromatic carbocycles. The van der Waals surface area contributed by atoms with Crippen LogP contribution in [-0.4, -0.2) is 152 Å². The Morgan fingerprint density at radius 3 is 1.36 bits per heavy atom. The lowest BCUT2D eigenvalue weighted by atomic mass is 9.99. The second-order valence-electron chi connectivity index (χ2n) is 17.3. The number of hydrogen-bond acceptors (Lipinski definition) is 14. The van der Waals surface area contributed by atoms with E-state index < -0.39 is 133 Å². The second kappa shape index (κ2) is 27.5. The molecular weight excluding hydrogens is 867 g/mol. The molecule has 1 fully saturated rings. The Balaban J connectivity index is 2.80. The number of amides is 8. The maximum atomic E-state index is 14.1. The van der Waals surface area contributed by atoms with Crippen molar-refractivity contribution >= 4 is 53.2 Å². The Morgan fingerprint density at radius 2 is 0.924 bits per heavy atom. The predicted octanol–water partition coefficient (Wildman–Crippen LogP) is -3.33. The van der Waals surface area contributed by atoms with Crippen molar-refractivity contribution in [2.24, 2.45) is 17.6 Å². The first-order valence-electron chi connectivity index (χ1n) is 22.1. The maximum absolute atomic E-state index is 14.1. The average Bonchev–Trinajstić information content (AvgIpc) is 3.23. The number of phenolic OH excluding ortho intramolecular Hbond substituents is 1. The number of aliphatic carboxylic acids is 1. The highest BCUT2D eigenvalue weighted by Crippen LogP contribution is 2.14. The van der Waals surface area contributed by atoms with Gasteiger partial charge in [-0.2, -0.15) is 0 Å². The van der Waals surface area contributed by atoms with Gasteiger partial charge in [-0.05, 0) is 88.4 Å². The van der Waals surface area contributed by atoms with Crippen molar-refractivity contribution in [1.29, 1.82) is 0 Å². The van der Waals surface area contributed by atoms with Crippen LogP contribution in [0.15, 0.2) is 24.3 Å². The number of unbranched alkanes of at least 4 members (excludes halogenated alkanes) is 1. The quantitative estimate of drug-likeness (QED) is 0.0721. The number of carboxylic acid groups (broad SMARTS) is 1. The van der Waals surface area contributed by atoms with Gasteiger partial charge in [-0.1, -0.05) is 39.8 Å². The topological polar surface area (TPSA) is 377 Å². The van der Waals surface area contributed by atoms with Crippen molar-refractivity contribution in [3.8, 4) is 5.75 Å². The van der Waals surface area contributed by atoms with Crippen LogP contribution in [0.5, 0.6) is 5.75 Å². The molecule has 0 aliphatic carbocycles. The molecule has 370 valence electrons. The summed E-state index contributed by atoms with van der Waals surface area (Å²) in [6.07, 6.45) is -4.10. The summed E-state index contributed by atoms with van der Waals surface area (Å²) < 4.78 is 0. The van der Waals surface area contributed by atoms with Gasteiger partial charge in [0.1, 0.15) is 54.1 Å². The minimum atomic E-state index is -1.88. The number of aromatic hydroxyl groups is 1. The molecule has 23 nitrogen and oxygen atoms in total. The molecule has 2 unspecified atom stereocenters. The fraction of sp³-hybridized carbons (Fsp3) is 0.651. The van der Waals surface area contributed by atoms with E-state index >= 15 is 0 Å². The molecule has 0 radical (unpaired) electrons. The molecule has 0 spiro atoms. The van der Waals surface area contributed by atoms with E-state index in [0.29, 0.717) is 18.4 Å². The Hall–Kier alpha value is -5.91. The molecular formula is C43H69N9O14. The van der Waals surface area contributed by atoms with Crippen LogP contribution in [0.1, 0.15) is 92.1 Å². The fourth-order valence-corrected chi connectivity index (χ4v) is 6.91. The van der Waals surface area contributed by atoms with Crippen molar-refractivity contribution in [3.05, 3.63) is 29.8 Å². The van der Waals surface area contributed by atoms with Crippen LogP contribution in [0.25, 0.3) is 0 Å². The number of hydrogen-bond donors (Lipinski definition) is 14. The second-order valence-corrected chi connectivity index (χ2v) is 17.3. The smallest absolute Gasteiger partial charge is 0.303 e. The number of nitrogens with one attached hydrogen (secondary N) is 8. The number of benzene rings is 1. The van der Waals surface area contributed by atoms with E-state index in [0.717, 1.165) is 6.92 Å². The first kappa shape index (κ1) is 56.2. The zero-order valence-electron chi connectivity index (χ0n) is 38.3. The molecule has 2 rings (SSSR count). The summed E-state index contributed by atoms with van der Waals surface area (Å²) in [5.74, 6) is -10.1. The minimum Gasteiger partial charge on any atom is -0.508 e. The third-order valence-electron chi connectivity index (χ3n) is 10.5. The Kier molecular flexibility index (Phi) is 23.5. The lowest BCUT2D eigenvalue weighted by Gasteiger charge is -2.30. The van der Waals surface area contributed by atoms with E-state index in [1.807, 2.05) is 0 Å². The van der Waals surface area contributed by atoms with Crippen molar-refractivity contribution in [2.45, 2.75) is 153 Å². The van der Waals surface area contributed by atoms with Gasteiger partial charge < -0.3 is 73.8 Å². The van der Waals surface area contributed by atoms with Crippen molar-refractivity contribution in [1.82, 2.24) is 42.5 Å². The summed E-state index contributed by atoms with van der Waals surface area (Å²) in [4.78, 5) is 123. The van der Waals surface area contributed by atoms with Crippen molar-refractivity contribution < 1.29 is 68.7 Å². The Bertz CT molecular complexity index is 1830.